The Hall–Kier alpha value is -1.96. The molecule has 0 saturated carbocycles. The van der Waals surface area contributed by atoms with Gasteiger partial charge in [-0.15, -0.1) is 0 Å². The van der Waals surface area contributed by atoms with Crippen LogP contribution in [0, 0.1) is 0 Å². The number of ether oxygens (including phenoxy) is 2. The van der Waals surface area contributed by atoms with E-state index in [0.29, 0.717) is 12.3 Å². The lowest BCUT2D eigenvalue weighted by atomic mass is 9.94. The van der Waals surface area contributed by atoms with E-state index in [1.165, 1.54) is 18.3 Å². The maximum atomic E-state index is 12.0. The van der Waals surface area contributed by atoms with E-state index in [9.17, 15) is 13.6 Å². The average Bonchev–Trinajstić information content (AvgIpc) is 2.45. The van der Waals surface area contributed by atoms with E-state index in [0.717, 1.165) is 12.8 Å². The van der Waals surface area contributed by atoms with E-state index < -0.39 is 6.61 Å². The van der Waals surface area contributed by atoms with Crippen LogP contribution in [0.15, 0.2) is 18.3 Å². The van der Waals surface area contributed by atoms with Gasteiger partial charge in [0.1, 0.15) is 5.75 Å². The highest BCUT2D eigenvalue weighted by Gasteiger charge is 2.29. The van der Waals surface area contributed by atoms with E-state index in [1.807, 2.05) is 13.8 Å². The third kappa shape index (κ3) is 5.97. The lowest BCUT2D eigenvalue weighted by Gasteiger charge is -2.35. The molecule has 1 atom stereocenters. The Labute approximate surface area is 133 Å². The second kappa shape index (κ2) is 7.54. The molecule has 1 unspecified atom stereocenters. The fourth-order valence-corrected chi connectivity index (χ4v) is 2.45. The molecule has 1 aromatic rings. The number of hydrogen-bond donors (Lipinski definition) is 2. The molecule has 1 aromatic heterocycles. The molecule has 0 aromatic carbocycles. The van der Waals surface area contributed by atoms with Gasteiger partial charge in [0.15, 0.2) is 0 Å². The van der Waals surface area contributed by atoms with Crippen molar-refractivity contribution in [2.75, 3.05) is 6.61 Å². The SMILES string of the molecule is CC1(C)CC(NC(=O)NCc2ccc(OC(F)F)cn2)CCO1. The number of hydrogen-bond acceptors (Lipinski definition) is 4. The lowest BCUT2D eigenvalue weighted by Crippen LogP contribution is -2.48. The molecular formula is C15H21F2N3O3. The highest BCUT2D eigenvalue weighted by Crippen LogP contribution is 2.23. The quantitative estimate of drug-likeness (QED) is 0.870. The molecule has 0 radical (unpaired) electrons. The number of alkyl halides is 2. The predicted molar refractivity (Wildman–Crippen MR) is 79.3 cm³/mol. The Bertz CT molecular complexity index is 523. The Balaban J connectivity index is 1.75. The first kappa shape index (κ1) is 17.4. The van der Waals surface area contributed by atoms with Crippen LogP contribution in [0.4, 0.5) is 13.6 Å². The number of nitrogens with zero attached hydrogens (tertiary/aromatic N) is 1. The molecule has 0 aliphatic carbocycles. The van der Waals surface area contributed by atoms with E-state index in [4.69, 9.17) is 4.74 Å². The summed E-state index contributed by atoms with van der Waals surface area (Å²) >= 11 is 0. The number of carbonyl (C=O) groups is 1. The van der Waals surface area contributed by atoms with Gasteiger partial charge < -0.3 is 20.1 Å². The Morgan fingerprint density at radius 1 is 1.52 bits per heavy atom. The van der Waals surface area contributed by atoms with E-state index in [1.54, 1.807) is 0 Å². The van der Waals surface area contributed by atoms with E-state index in [2.05, 4.69) is 20.4 Å². The van der Waals surface area contributed by atoms with Crippen LogP contribution in [0.5, 0.6) is 5.75 Å². The highest BCUT2D eigenvalue weighted by atomic mass is 19.3. The van der Waals surface area contributed by atoms with Crippen molar-refractivity contribution in [1.82, 2.24) is 15.6 Å². The molecule has 6 nitrogen and oxygen atoms in total. The van der Waals surface area contributed by atoms with Crippen LogP contribution in [-0.4, -0.2) is 35.9 Å². The minimum Gasteiger partial charge on any atom is -0.433 e. The van der Waals surface area contributed by atoms with Crippen LogP contribution in [0.1, 0.15) is 32.4 Å². The molecule has 23 heavy (non-hydrogen) atoms. The van der Waals surface area contributed by atoms with Crippen molar-refractivity contribution >= 4 is 6.03 Å². The smallest absolute Gasteiger partial charge is 0.387 e. The van der Waals surface area contributed by atoms with Crippen molar-refractivity contribution in [2.45, 2.75) is 51.5 Å². The second-order valence-corrected chi connectivity index (χ2v) is 5.99. The van der Waals surface area contributed by atoms with Gasteiger partial charge in [-0.1, -0.05) is 0 Å². The van der Waals surface area contributed by atoms with E-state index in [-0.39, 0.29) is 30.0 Å². The molecule has 2 amide bonds. The van der Waals surface area contributed by atoms with Crippen molar-refractivity contribution in [2.24, 2.45) is 0 Å². The lowest BCUT2D eigenvalue weighted by molar-refractivity contribution is -0.0611. The number of nitrogens with one attached hydrogen (secondary N) is 2. The first-order valence-electron chi connectivity index (χ1n) is 7.42. The Morgan fingerprint density at radius 2 is 2.30 bits per heavy atom. The maximum Gasteiger partial charge on any atom is 0.387 e. The molecular weight excluding hydrogens is 308 g/mol. The summed E-state index contributed by atoms with van der Waals surface area (Å²) in [7, 11) is 0. The predicted octanol–water partition coefficient (Wildman–Crippen LogP) is 2.44. The summed E-state index contributed by atoms with van der Waals surface area (Å²) in [5, 5.41) is 5.59. The number of rotatable bonds is 5. The monoisotopic (exact) mass is 329 g/mol. The molecule has 128 valence electrons. The maximum absolute atomic E-state index is 12.0. The number of pyridine rings is 1. The van der Waals surface area contributed by atoms with Gasteiger partial charge in [-0.3, -0.25) is 4.98 Å². The van der Waals surface area contributed by atoms with Gasteiger partial charge in [-0.05, 0) is 38.8 Å². The zero-order valence-corrected chi connectivity index (χ0v) is 13.1. The normalized spacial score (nSPS) is 20.1. The standard InChI is InChI=1S/C15H21F2N3O3/c1-15(2)7-10(5-6-22-15)20-14(21)19-8-11-3-4-12(9-18-11)23-13(16)17/h3-4,9-10,13H,5-8H2,1-2H3,(H2,19,20,21). The van der Waals surface area contributed by atoms with Crippen molar-refractivity contribution < 1.29 is 23.0 Å². The van der Waals surface area contributed by atoms with Gasteiger partial charge >= 0.3 is 12.6 Å². The number of halogens is 2. The molecule has 0 spiro atoms. The number of carbonyl (C=O) groups excluding carboxylic acids is 1. The van der Waals surface area contributed by atoms with Crippen LogP contribution in [0.25, 0.3) is 0 Å². The minimum absolute atomic E-state index is 0.0161. The molecule has 2 heterocycles. The van der Waals surface area contributed by atoms with Crippen molar-refractivity contribution in [3.63, 3.8) is 0 Å². The topological polar surface area (TPSA) is 72.5 Å². The number of aromatic nitrogens is 1. The molecule has 1 saturated heterocycles. The van der Waals surface area contributed by atoms with Crippen molar-refractivity contribution in [3.8, 4) is 5.75 Å². The summed E-state index contributed by atoms with van der Waals surface area (Å²) in [6, 6.07) is 2.68. The van der Waals surface area contributed by atoms with Crippen LogP contribution in [0.3, 0.4) is 0 Å². The zero-order valence-electron chi connectivity index (χ0n) is 13.1. The molecule has 2 rings (SSSR count). The third-order valence-corrected chi connectivity index (χ3v) is 3.49. The molecule has 2 N–H and O–H groups in total. The summed E-state index contributed by atoms with van der Waals surface area (Å²) in [5.41, 5.74) is 0.312. The van der Waals surface area contributed by atoms with Gasteiger partial charge in [-0.25, -0.2) is 4.79 Å². The molecule has 1 aliphatic heterocycles. The van der Waals surface area contributed by atoms with Crippen LogP contribution in [0.2, 0.25) is 0 Å². The molecule has 8 heteroatoms. The minimum atomic E-state index is -2.88. The van der Waals surface area contributed by atoms with E-state index >= 15 is 0 Å². The summed E-state index contributed by atoms with van der Waals surface area (Å²) in [6.07, 6.45) is 2.72. The van der Waals surface area contributed by atoms with Gasteiger partial charge in [-0.2, -0.15) is 8.78 Å². The zero-order chi connectivity index (χ0) is 16.9. The van der Waals surface area contributed by atoms with Crippen LogP contribution in [-0.2, 0) is 11.3 Å². The first-order valence-corrected chi connectivity index (χ1v) is 7.42. The summed E-state index contributed by atoms with van der Waals surface area (Å²) in [4.78, 5) is 15.8. The summed E-state index contributed by atoms with van der Waals surface area (Å²) in [5.74, 6) is -0.0161. The number of amides is 2. The van der Waals surface area contributed by atoms with Gasteiger partial charge in [0.25, 0.3) is 0 Å². The fourth-order valence-electron chi connectivity index (χ4n) is 2.45. The average molecular weight is 329 g/mol. The van der Waals surface area contributed by atoms with Gasteiger partial charge in [0.05, 0.1) is 24.0 Å². The van der Waals surface area contributed by atoms with Crippen molar-refractivity contribution in [1.29, 1.82) is 0 Å². The Kier molecular flexibility index (Phi) is 5.70. The summed E-state index contributed by atoms with van der Waals surface area (Å²) < 4.78 is 33.9. The van der Waals surface area contributed by atoms with Crippen molar-refractivity contribution in [3.05, 3.63) is 24.0 Å². The molecule has 1 aliphatic rings. The third-order valence-electron chi connectivity index (χ3n) is 3.49. The Morgan fingerprint density at radius 3 is 2.91 bits per heavy atom. The van der Waals surface area contributed by atoms with Gasteiger partial charge in [0, 0.05) is 12.6 Å². The molecule has 1 fully saturated rings. The van der Waals surface area contributed by atoms with Crippen LogP contribution < -0.4 is 15.4 Å². The largest absolute Gasteiger partial charge is 0.433 e. The van der Waals surface area contributed by atoms with Gasteiger partial charge in [0.2, 0.25) is 0 Å². The molecule has 0 bridgehead atoms. The second-order valence-electron chi connectivity index (χ2n) is 5.99. The number of urea groups is 1. The fraction of sp³-hybridized carbons (Fsp3) is 0.600. The first-order chi connectivity index (χ1) is 10.8. The van der Waals surface area contributed by atoms with Crippen LogP contribution >= 0.6 is 0 Å². The highest BCUT2D eigenvalue weighted by molar-refractivity contribution is 5.74. The summed E-state index contributed by atoms with van der Waals surface area (Å²) in [6.45, 7) is 1.92.